The first-order valence-electron chi connectivity index (χ1n) is 4.03. The third-order valence-corrected chi connectivity index (χ3v) is 2.85. The lowest BCUT2D eigenvalue weighted by Gasteiger charge is -2.26. The van der Waals surface area contributed by atoms with E-state index in [1.165, 1.54) is 0 Å². The van der Waals surface area contributed by atoms with Gasteiger partial charge in [0.15, 0.2) is 11.6 Å². The number of fused-ring (bicyclic) bond motifs is 1. The number of ether oxygens (including phenoxy) is 1. The van der Waals surface area contributed by atoms with Crippen molar-refractivity contribution in [2.75, 3.05) is 6.61 Å². The van der Waals surface area contributed by atoms with Crippen LogP contribution in [-0.2, 0) is 0 Å². The number of halogens is 3. The summed E-state index contributed by atoms with van der Waals surface area (Å²) in [4.78, 5) is -0.337. The summed E-state index contributed by atoms with van der Waals surface area (Å²) in [7, 11) is 0. The molecule has 1 heterocycles. The normalized spacial score (nSPS) is 25.4. The number of hydrogen-bond acceptors (Lipinski definition) is 2. The average molecular weight is 265 g/mol. The maximum Gasteiger partial charge on any atom is 0.168 e. The lowest BCUT2D eigenvalue weighted by Crippen LogP contribution is -2.26. The van der Waals surface area contributed by atoms with Crippen molar-refractivity contribution in [2.45, 2.75) is 10.9 Å². The maximum absolute atomic E-state index is 13.1. The summed E-state index contributed by atoms with van der Waals surface area (Å²) in [6.45, 7) is 0.163. The van der Waals surface area contributed by atoms with Crippen LogP contribution in [-0.4, -0.2) is 16.5 Å². The Morgan fingerprint density at radius 1 is 1.43 bits per heavy atom. The van der Waals surface area contributed by atoms with Gasteiger partial charge in [0.1, 0.15) is 12.4 Å². The van der Waals surface area contributed by atoms with Crippen LogP contribution >= 0.6 is 15.9 Å². The van der Waals surface area contributed by atoms with E-state index in [0.717, 1.165) is 12.1 Å². The summed E-state index contributed by atoms with van der Waals surface area (Å²) in [5.41, 5.74) is 0.149. The van der Waals surface area contributed by atoms with E-state index in [-0.39, 0.29) is 22.7 Å². The van der Waals surface area contributed by atoms with E-state index in [9.17, 15) is 13.9 Å². The van der Waals surface area contributed by atoms with Gasteiger partial charge in [-0.15, -0.1) is 0 Å². The van der Waals surface area contributed by atoms with E-state index in [1.807, 2.05) is 0 Å². The molecule has 14 heavy (non-hydrogen) atoms. The zero-order chi connectivity index (χ0) is 10.3. The Morgan fingerprint density at radius 2 is 2.14 bits per heavy atom. The molecule has 2 nitrogen and oxygen atoms in total. The number of aliphatic hydroxyl groups is 1. The smallest absolute Gasteiger partial charge is 0.168 e. The molecule has 0 radical (unpaired) electrons. The van der Waals surface area contributed by atoms with Gasteiger partial charge >= 0.3 is 0 Å². The Hall–Kier alpha value is -0.680. The number of rotatable bonds is 0. The Morgan fingerprint density at radius 3 is 2.86 bits per heavy atom. The highest BCUT2D eigenvalue weighted by Gasteiger charge is 2.30. The molecule has 1 N–H and O–H groups in total. The fourth-order valence-corrected chi connectivity index (χ4v) is 1.82. The molecule has 0 bridgehead atoms. The van der Waals surface area contributed by atoms with Gasteiger partial charge in [0.05, 0.1) is 10.9 Å². The first kappa shape index (κ1) is 9.86. The van der Waals surface area contributed by atoms with Crippen molar-refractivity contribution in [2.24, 2.45) is 0 Å². The fourth-order valence-electron chi connectivity index (χ4n) is 1.40. The first-order chi connectivity index (χ1) is 6.59. The van der Waals surface area contributed by atoms with Crippen molar-refractivity contribution in [3.63, 3.8) is 0 Å². The third-order valence-electron chi connectivity index (χ3n) is 2.09. The zero-order valence-corrected chi connectivity index (χ0v) is 8.59. The first-order valence-corrected chi connectivity index (χ1v) is 4.95. The molecule has 1 aromatic rings. The van der Waals surface area contributed by atoms with Gasteiger partial charge in [0.2, 0.25) is 0 Å². The molecule has 0 amide bonds. The van der Waals surface area contributed by atoms with Crippen LogP contribution in [0.15, 0.2) is 12.1 Å². The minimum atomic E-state index is -0.941. The largest absolute Gasteiger partial charge is 0.489 e. The van der Waals surface area contributed by atoms with Gasteiger partial charge in [0, 0.05) is 11.6 Å². The molecule has 0 saturated heterocycles. The van der Waals surface area contributed by atoms with Crippen LogP contribution in [0.2, 0.25) is 0 Å². The lowest BCUT2D eigenvalue weighted by atomic mass is 10.0. The molecule has 2 rings (SSSR count). The topological polar surface area (TPSA) is 29.5 Å². The molecule has 0 saturated carbocycles. The second-order valence-electron chi connectivity index (χ2n) is 3.08. The van der Waals surface area contributed by atoms with Gasteiger partial charge in [0.25, 0.3) is 0 Å². The van der Waals surface area contributed by atoms with E-state index < -0.39 is 17.7 Å². The second kappa shape index (κ2) is 3.47. The predicted molar refractivity (Wildman–Crippen MR) is 49.5 cm³/mol. The minimum absolute atomic E-state index is 0.0606. The molecule has 1 aliphatic rings. The van der Waals surface area contributed by atoms with Gasteiger partial charge in [-0.2, -0.15) is 0 Å². The monoisotopic (exact) mass is 264 g/mol. The van der Waals surface area contributed by atoms with Crippen LogP contribution in [0.4, 0.5) is 8.78 Å². The Balaban J connectivity index is 2.54. The highest BCUT2D eigenvalue weighted by molar-refractivity contribution is 9.09. The zero-order valence-electron chi connectivity index (χ0n) is 7.01. The van der Waals surface area contributed by atoms with Crippen molar-refractivity contribution in [1.29, 1.82) is 0 Å². The van der Waals surface area contributed by atoms with Crippen molar-refractivity contribution in [3.05, 3.63) is 29.3 Å². The van der Waals surface area contributed by atoms with Crippen LogP contribution in [0.1, 0.15) is 11.7 Å². The Kier molecular flexibility index (Phi) is 2.45. The van der Waals surface area contributed by atoms with Crippen molar-refractivity contribution < 1.29 is 18.6 Å². The van der Waals surface area contributed by atoms with E-state index in [4.69, 9.17) is 4.74 Å². The summed E-state index contributed by atoms with van der Waals surface area (Å²) >= 11 is 3.15. The number of alkyl halides is 1. The quantitative estimate of drug-likeness (QED) is 0.728. The molecular weight excluding hydrogens is 258 g/mol. The predicted octanol–water partition coefficient (Wildman–Crippen LogP) is 2.15. The second-order valence-corrected chi connectivity index (χ2v) is 4.25. The van der Waals surface area contributed by atoms with Gasteiger partial charge < -0.3 is 9.84 Å². The highest BCUT2D eigenvalue weighted by Crippen LogP contribution is 2.37. The molecule has 0 aliphatic carbocycles. The average Bonchev–Trinajstić information content (AvgIpc) is 2.12. The van der Waals surface area contributed by atoms with Crippen LogP contribution in [0.25, 0.3) is 0 Å². The molecule has 1 aromatic carbocycles. The molecule has 5 heteroatoms. The van der Waals surface area contributed by atoms with Crippen molar-refractivity contribution in [3.8, 4) is 5.75 Å². The third kappa shape index (κ3) is 1.50. The molecule has 76 valence electrons. The van der Waals surface area contributed by atoms with Crippen molar-refractivity contribution >= 4 is 15.9 Å². The molecular formula is C9H7BrF2O2. The summed E-state index contributed by atoms with van der Waals surface area (Å²) in [6.07, 6.45) is -0.941. The summed E-state index contributed by atoms with van der Waals surface area (Å²) in [6, 6.07) is 1.82. The number of benzene rings is 1. The SMILES string of the molecule is OC1c2cc(F)cc(F)c2OCC1Br. The number of hydrogen-bond donors (Lipinski definition) is 1. The van der Waals surface area contributed by atoms with E-state index in [1.54, 1.807) is 0 Å². The molecule has 2 atom stereocenters. The van der Waals surface area contributed by atoms with Crippen LogP contribution in [0.5, 0.6) is 5.75 Å². The molecule has 0 spiro atoms. The van der Waals surface area contributed by atoms with Crippen LogP contribution in [0.3, 0.4) is 0 Å². The summed E-state index contributed by atoms with van der Waals surface area (Å²) < 4.78 is 31.0. The summed E-state index contributed by atoms with van der Waals surface area (Å²) in [5, 5.41) is 9.62. The standard InChI is InChI=1S/C9H7BrF2O2/c10-6-3-14-9-5(8(6)13)1-4(11)2-7(9)12/h1-2,6,8,13H,3H2. The molecule has 2 unspecified atom stereocenters. The molecule has 0 aromatic heterocycles. The van der Waals surface area contributed by atoms with Crippen LogP contribution in [0, 0.1) is 11.6 Å². The van der Waals surface area contributed by atoms with E-state index >= 15 is 0 Å². The van der Waals surface area contributed by atoms with Crippen LogP contribution < -0.4 is 4.74 Å². The lowest BCUT2D eigenvalue weighted by molar-refractivity contribution is 0.121. The van der Waals surface area contributed by atoms with Gasteiger partial charge in [-0.25, -0.2) is 8.78 Å². The van der Waals surface area contributed by atoms with E-state index in [2.05, 4.69) is 15.9 Å². The van der Waals surface area contributed by atoms with Crippen molar-refractivity contribution in [1.82, 2.24) is 0 Å². The Bertz CT molecular complexity index is 370. The fraction of sp³-hybridized carbons (Fsp3) is 0.333. The van der Waals surface area contributed by atoms with E-state index in [0.29, 0.717) is 0 Å². The van der Waals surface area contributed by atoms with Gasteiger partial charge in [-0.3, -0.25) is 0 Å². The highest BCUT2D eigenvalue weighted by atomic mass is 79.9. The van der Waals surface area contributed by atoms with Gasteiger partial charge in [-0.05, 0) is 6.07 Å². The molecule has 1 aliphatic heterocycles. The molecule has 0 fully saturated rings. The Labute approximate surface area is 87.6 Å². The summed E-state index contributed by atoms with van der Waals surface area (Å²) in [5.74, 6) is -1.56. The van der Waals surface area contributed by atoms with Gasteiger partial charge in [-0.1, -0.05) is 15.9 Å². The number of aliphatic hydroxyl groups excluding tert-OH is 1. The minimum Gasteiger partial charge on any atom is -0.489 e. The maximum atomic E-state index is 13.1.